The van der Waals surface area contributed by atoms with E-state index in [9.17, 15) is 14.7 Å². The van der Waals surface area contributed by atoms with Gasteiger partial charge in [-0.2, -0.15) is 0 Å². The lowest BCUT2D eigenvalue weighted by Crippen LogP contribution is -2.29. The molecule has 0 amide bonds. The number of hydrogen-bond acceptors (Lipinski definition) is 4. The van der Waals surface area contributed by atoms with Crippen LogP contribution in [-0.4, -0.2) is 23.7 Å². The van der Waals surface area contributed by atoms with Gasteiger partial charge >= 0.3 is 11.9 Å². The van der Waals surface area contributed by atoms with Crippen molar-refractivity contribution < 1.29 is 19.4 Å². The topological polar surface area (TPSA) is 63.6 Å². The Morgan fingerprint density at radius 2 is 2.10 bits per heavy atom. The Morgan fingerprint density at radius 1 is 1.35 bits per heavy atom. The number of rotatable bonds is 6. The number of thiophene rings is 1. The number of aliphatic carboxylic acids is 1. The van der Waals surface area contributed by atoms with E-state index in [0.717, 1.165) is 17.7 Å². The van der Waals surface area contributed by atoms with Gasteiger partial charge in [-0.05, 0) is 30.2 Å². The fraction of sp³-hybridized carbons (Fsp3) is 0.600. The van der Waals surface area contributed by atoms with Crippen molar-refractivity contribution in [3.05, 3.63) is 22.4 Å². The standard InChI is InChI=1S/C15H20O4S/c16-14(17)13(9-12-7-4-8-20-12)15(18)19-10-11-5-2-1-3-6-11/h4,7-8,11,13H,1-3,5-6,9-10H2,(H,16,17)/t13-/m0/s1. The van der Waals surface area contributed by atoms with E-state index in [1.54, 1.807) is 0 Å². The first-order chi connectivity index (χ1) is 9.66. The molecule has 1 aliphatic rings. The van der Waals surface area contributed by atoms with Crippen molar-refractivity contribution in [3.63, 3.8) is 0 Å². The highest BCUT2D eigenvalue weighted by Gasteiger charge is 2.29. The molecule has 1 heterocycles. The van der Waals surface area contributed by atoms with E-state index in [-0.39, 0.29) is 6.42 Å². The second-order valence-electron chi connectivity index (χ2n) is 5.31. The number of ether oxygens (including phenoxy) is 1. The van der Waals surface area contributed by atoms with Gasteiger partial charge in [0, 0.05) is 11.3 Å². The molecule has 0 unspecified atom stereocenters. The minimum Gasteiger partial charge on any atom is -0.481 e. The van der Waals surface area contributed by atoms with E-state index >= 15 is 0 Å². The predicted molar refractivity (Wildman–Crippen MR) is 76.7 cm³/mol. The van der Waals surface area contributed by atoms with Gasteiger partial charge in [-0.15, -0.1) is 11.3 Å². The normalized spacial score (nSPS) is 17.6. The first-order valence-corrected chi connectivity index (χ1v) is 7.96. The van der Waals surface area contributed by atoms with Crippen LogP contribution in [0.1, 0.15) is 37.0 Å². The van der Waals surface area contributed by atoms with E-state index < -0.39 is 17.9 Å². The van der Waals surface area contributed by atoms with Crippen LogP contribution in [0, 0.1) is 11.8 Å². The number of hydrogen-bond donors (Lipinski definition) is 1. The third kappa shape index (κ3) is 4.34. The molecule has 1 aromatic rings. The largest absolute Gasteiger partial charge is 0.481 e. The van der Waals surface area contributed by atoms with Crippen molar-refractivity contribution >= 4 is 23.3 Å². The van der Waals surface area contributed by atoms with E-state index in [1.807, 2.05) is 17.5 Å². The summed E-state index contributed by atoms with van der Waals surface area (Å²) in [5.41, 5.74) is 0. The minimum atomic E-state index is -1.10. The Morgan fingerprint density at radius 3 is 2.70 bits per heavy atom. The molecule has 5 heteroatoms. The molecule has 1 N–H and O–H groups in total. The Hall–Kier alpha value is -1.36. The van der Waals surface area contributed by atoms with Gasteiger partial charge in [-0.1, -0.05) is 25.3 Å². The van der Waals surface area contributed by atoms with Crippen LogP contribution in [0.25, 0.3) is 0 Å². The van der Waals surface area contributed by atoms with Gasteiger partial charge in [-0.3, -0.25) is 9.59 Å². The lowest BCUT2D eigenvalue weighted by Gasteiger charge is -2.21. The van der Waals surface area contributed by atoms with Crippen LogP contribution in [0.2, 0.25) is 0 Å². The average molecular weight is 296 g/mol. The van der Waals surface area contributed by atoms with E-state index in [4.69, 9.17) is 4.74 Å². The number of carboxylic acid groups (broad SMARTS) is 1. The first-order valence-electron chi connectivity index (χ1n) is 7.08. The van der Waals surface area contributed by atoms with Crippen LogP contribution in [0.15, 0.2) is 17.5 Å². The van der Waals surface area contributed by atoms with Crippen molar-refractivity contribution in [2.75, 3.05) is 6.61 Å². The molecule has 20 heavy (non-hydrogen) atoms. The summed E-state index contributed by atoms with van der Waals surface area (Å²) in [7, 11) is 0. The van der Waals surface area contributed by atoms with Crippen molar-refractivity contribution in [1.29, 1.82) is 0 Å². The van der Waals surface area contributed by atoms with Crippen LogP contribution < -0.4 is 0 Å². The molecule has 1 atom stereocenters. The SMILES string of the molecule is O=C(O)[C@H](Cc1cccs1)C(=O)OCC1CCCCC1. The maximum Gasteiger partial charge on any atom is 0.320 e. The maximum atomic E-state index is 12.0. The monoisotopic (exact) mass is 296 g/mol. The minimum absolute atomic E-state index is 0.219. The van der Waals surface area contributed by atoms with Crippen molar-refractivity contribution in [1.82, 2.24) is 0 Å². The van der Waals surface area contributed by atoms with E-state index in [1.165, 1.54) is 30.6 Å². The van der Waals surface area contributed by atoms with Gasteiger partial charge in [0.1, 0.15) is 0 Å². The lowest BCUT2D eigenvalue weighted by atomic mass is 9.90. The van der Waals surface area contributed by atoms with Gasteiger partial charge in [0.15, 0.2) is 5.92 Å². The van der Waals surface area contributed by atoms with Gasteiger partial charge in [-0.25, -0.2) is 0 Å². The third-order valence-electron chi connectivity index (χ3n) is 3.75. The number of carbonyl (C=O) groups excluding carboxylic acids is 1. The van der Waals surface area contributed by atoms with E-state index in [2.05, 4.69) is 0 Å². The van der Waals surface area contributed by atoms with Gasteiger partial charge < -0.3 is 9.84 Å². The number of esters is 1. The molecule has 0 radical (unpaired) electrons. The second-order valence-corrected chi connectivity index (χ2v) is 6.34. The summed E-state index contributed by atoms with van der Waals surface area (Å²) in [4.78, 5) is 24.1. The smallest absolute Gasteiger partial charge is 0.320 e. The van der Waals surface area contributed by atoms with E-state index in [0.29, 0.717) is 12.5 Å². The first kappa shape index (κ1) is 15.0. The summed E-state index contributed by atoms with van der Waals surface area (Å²) >= 11 is 1.46. The van der Waals surface area contributed by atoms with Crippen LogP contribution in [0.4, 0.5) is 0 Å². The van der Waals surface area contributed by atoms with Gasteiger partial charge in [0.25, 0.3) is 0 Å². The second kappa shape index (κ2) is 7.43. The zero-order chi connectivity index (χ0) is 14.4. The zero-order valence-corrected chi connectivity index (χ0v) is 12.2. The molecule has 2 rings (SSSR count). The number of carboxylic acids is 1. The maximum absolute atomic E-state index is 12.0. The molecule has 4 nitrogen and oxygen atoms in total. The molecule has 1 aromatic heterocycles. The molecule has 0 bridgehead atoms. The molecule has 0 aromatic carbocycles. The highest BCUT2D eigenvalue weighted by Crippen LogP contribution is 2.24. The van der Waals surface area contributed by atoms with Gasteiger partial charge in [0.05, 0.1) is 6.61 Å². The molecule has 0 aliphatic heterocycles. The molecule has 110 valence electrons. The fourth-order valence-corrected chi connectivity index (χ4v) is 3.31. The molecule has 1 saturated carbocycles. The van der Waals surface area contributed by atoms with Gasteiger partial charge in [0.2, 0.25) is 0 Å². The zero-order valence-electron chi connectivity index (χ0n) is 11.4. The van der Waals surface area contributed by atoms with Crippen molar-refractivity contribution in [2.45, 2.75) is 38.5 Å². The van der Waals surface area contributed by atoms with Crippen molar-refractivity contribution in [3.8, 4) is 0 Å². The summed E-state index contributed by atoms with van der Waals surface area (Å²) in [6, 6.07) is 3.70. The summed E-state index contributed by atoms with van der Waals surface area (Å²) in [5.74, 6) is -2.38. The third-order valence-corrected chi connectivity index (χ3v) is 4.65. The Kier molecular flexibility index (Phi) is 5.59. The molecule has 1 fully saturated rings. The van der Waals surface area contributed by atoms with Crippen LogP contribution in [0.3, 0.4) is 0 Å². The summed E-state index contributed by atoms with van der Waals surface area (Å²) in [6.45, 7) is 0.368. The summed E-state index contributed by atoms with van der Waals surface area (Å²) < 4.78 is 5.24. The quantitative estimate of drug-likeness (QED) is 0.647. The van der Waals surface area contributed by atoms with Crippen molar-refractivity contribution in [2.24, 2.45) is 11.8 Å². The molecular formula is C15H20O4S. The Labute approximate surface area is 122 Å². The summed E-state index contributed by atoms with van der Waals surface area (Å²) in [5, 5.41) is 11.1. The van der Waals surface area contributed by atoms with Crippen LogP contribution in [0.5, 0.6) is 0 Å². The Balaban J connectivity index is 1.84. The lowest BCUT2D eigenvalue weighted by molar-refractivity contribution is -0.159. The highest BCUT2D eigenvalue weighted by atomic mass is 32.1. The Bertz CT molecular complexity index is 435. The molecule has 1 aliphatic carbocycles. The number of carbonyl (C=O) groups is 2. The van der Waals surface area contributed by atoms with Crippen LogP contribution >= 0.6 is 11.3 Å². The van der Waals surface area contributed by atoms with Crippen LogP contribution in [-0.2, 0) is 20.7 Å². The summed E-state index contributed by atoms with van der Waals surface area (Å²) in [6.07, 6.45) is 5.99. The average Bonchev–Trinajstić information content (AvgIpc) is 2.96. The molecule has 0 spiro atoms. The predicted octanol–water partition coefficient (Wildman–Crippen LogP) is 3.11. The highest BCUT2D eigenvalue weighted by molar-refractivity contribution is 7.09. The molecular weight excluding hydrogens is 276 g/mol. The molecule has 0 saturated heterocycles. The fourth-order valence-electron chi connectivity index (χ4n) is 2.56.